The van der Waals surface area contributed by atoms with Gasteiger partial charge in [0.1, 0.15) is 5.75 Å². The Kier molecular flexibility index (Phi) is 6.90. The fourth-order valence-electron chi connectivity index (χ4n) is 1.18. The highest BCUT2D eigenvalue weighted by atomic mass is 35.5. The van der Waals surface area contributed by atoms with Crippen molar-refractivity contribution in [2.24, 2.45) is 5.73 Å². The van der Waals surface area contributed by atoms with Crippen LogP contribution in [-0.4, -0.2) is 22.2 Å². The molecule has 0 heterocycles. The third-order valence-electron chi connectivity index (χ3n) is 2.10. The maximum absolute atomic E-state index is 11.9. The van der Waals surface area contributed by atoms with Crippen LogP contribution < -0.4 is 26.6 Å². The summed E-state index contributed by atoms with van der Waals surface area (Å²) in [5.41, 5.74) is 10.0. The summed E-state index contributed by atoms with van der Waals surface area (Å²) < 4.78 is 5.43. The van der Waals surface area contributed by atoms with Crippen molar-refractivity contribution in [1.29, 1.82) is 0 Å². The zero-order valence-corrected chi connectivity index (χ0v) is 13.9. The fourth-order valence-corrected chi connectivity index (χ4v) is 1.83. The minimum atomic E-state index is -0.826. The van der Waals surface area contributed by atoms with E-state index in [2.05, 4.69) is 28.4 Å². The van der Waals surface area contributed by atoms with E-state index in [0.29, 0.717) is 15.8 Å². The number of hydrogen-bond acceptors (Lipinski definition) is 4. The number of hydrazine groups is 1. The van der Waals surface area contributed by atoms with Crippen LogP contribution in [0.25, 0.3) is 0 Å². The standard InChI is InChI=1S/C11H12Cl2N4O2S2/c1-5(9(18)15-11(21)17-16-10(14)20)19-8-3-2-6(12)4-7(8)13/h2-5H,1H3,(H3,14,16,20)(H2,15,17,18,21). The predicted octanol–water partition coefficient (Wildman–Crippen LogP) is 1.50. The third-order valence-corrected chi connectivity index (χ3v) is 2.94. The molecule has 0 spiro atoms. The molecule has 1 aromatic carbocycles. The average Bonchev–Trinajstić information content (AvgIpc) is 2.39. The molecule has 1 amide bonds. The van der Waals surface area contributed by atoms with Crippen LogP contribution in [0.1, 0.15) is 6.92 Å². The van der Waals surface area contributed by atoms with Crippen LogP contribution in [0, 0.1) is 0 Å². The number of nitrogens with one attached hydrogen (secondary N) is 3. The zero-order valence-electron chi connectivity index (χ0n) is 10.8. The molecule has 0 saturated heterocycles. The van der Waals surface area contributed by atoms with Crippen molar-refractivity contribution < 1.29 is 9.53 Å². The summed E-state index contributed by atoms with van der Waals surface area (Å²) in [4.78, 5) is 11.9. The molecule has 10 heteroatoms. The Balaban J connectivity index is 2.54. The van der Waals surface area contributed by atoms with Gasteiger partial charge in [-0.2, -0.15) is 0 Å². The van der Waals surface area contributed by atoms with Gasteiger partial charge in [0.15, 0.2) is 16.3 Å². The number of thiocarbonyl (C=S) groups is 2. The number of carbonyl (C=O) groups is 1. The Morgan fingerprint density at radius 2 is 2.00 bits per heavy atom. The van der Waals surface area contributed by atoms with Crippen molar-refractivity contribution in [3.63, 3.8) is 0 Å². The summed E-state index contributed by atoms with van der Waals surface area (Å²) in [5, 5.41) is 3.17. The van der Waals surface area contributed by atoms with Crippen molar-refractivity contribution in [2.45, 2.75) is 13.0 Å². The van der Waals surface area contributed by atoms with E-state index in [1.165, 1.54) is 6.07 Å². The Labute approximate surface area is 142 Å². The van der Waals surface area contributed by atoms with Crippen LogP contribution in [0.2, 0.25) is 10.0 Å². The number of ether oxygens (including phenoxy) is 1. The van der Waals surface area contributed by atoms with Gasteiger partial charge < -0.3 is 10.5 Å². The summed E-state index contributed by atoms with van der Waals surface area (Å²) in [7, 11) is 0. The van der Waals surface area contributed by atoms with Crippen molar-refractivity contribution in [1.82, 2.24) is 16.2 Å². The fraction of sp³-hybridized carbons (Fsp3) is 0.182. The molecule has 114 valence electrons. The first-order valence-corrected chi connectivity index (χ1v) is 7.15. The molecule has 0 radical (unpaired) electrons. The minimum absolute atomic E-state index is 0.00505. The lowest BCUT2D eigenvalue weighted by Gasteiger charge is -2.16. The molecule has 0 aliphatic rings. The molecular formula is C11H12Cl2N4O2S2. The molecule has 1 aromatic rings. The van der Waals surface area contributed by atoms with Gasteiger partial charge in [0.05, 0.1) is 5.02 Å². The third kappa shape index (κ3) is 6.30. The SMILES string of the molecule is CC(Oc1ccc(Cl)cc1Cl)C(=O)NC(=S)NNC(N)=S. The number of halogens is 2. The van der Waals surface area contributed by atoms with E-state index in [1.807, 2.05) is 0 Å². The maximum atomic E-state index is 11.9. The summed E-state index contributed by atoms with van der Waals surface area (Å²) in [6.07, 6.45) is -0.826. The number of nitrogens with two attached hydrogens (primary N) is 1. The van der Waals surface area contributed by atoms with Gasteiger partial charge in [-0.25, -0.2) is 0 Å². The topological polar surface area (TPSA) is 88.4 Å². The lowest BCUT2D eigenvalue weighted by Crippen LogP contribution is -2.52. The van der Waals surface area contributed by atoms with E-state index in [-0.39, 0.29) is 10.2 Å². The number of hydrogen-bond donors (Lipinski definition) is 4. The zero-order chi connectivity index (χ0) is 16.0. The van der Waals surface area contributed by atoms with Gasteiger partial charge in [-0.1, -0.05) is 23.2 Å². The molecule has 1 rings (SSSR count). The molecule has 0 bridgehead atoms. The Hall–Kier alpha value is -1.35. The van der Waals surface area contributed by atoms with Crippen LogP contribution in [-0.2, 0) is 4.79 Å². The lowest BCUT2D eigenvalue weighted by molar-refractivity contribution is -0.125. The van der Waals surface area contributed by atoms with Gasteiger partial charge in [0, 0.05) is 5.02 Å². The molecule has 0 aromatic heterocycles. The monoisotopic (exact) mass is 366 g/mol. The summed E-state index contributed by atoms with van der Waals surface area (Å²) in [6, 6.07) is 4.69. The molecule has 5 N–H and O–H groups in total. The Bertz CT molecular complexity index is 571. The van der Waals surface area contributed by atoms with E-state index in [9.17, 15) is 4.79 Å². The molecule has 0 aliphatic carbocycles. The van der Waals surface area contributed by atoms with Gasteiger partial charge in [0.25, 0.3) is 5.91 Å². The van der Waals surface area contributed by atoms with Crippen LogP contribution in [0.15, 0.2) is 18.2 Å². The molecule has 6 nitrogen and oxygen atoms in total. The summed E-state index contributed by atoms with van der Waals surface area (Å²) in [5.74, 6) is -0.132. The van der Waals surface area contributed by atoms with Gasteiger partial charge in [-0.3, -0.25) is 21.0 Å². The first-order chi connectivity index (χ1) is 9.79. The molecule has 0 aliphatic heterocycles. The van der Waals surface area contributed by atoms with E-state index < -0.39 is 12.0 Å². The largest absolute Gasteiger partial charge is 0.479 e. The summed E-state index contributed by atoms with van der Waals surface area (Å²) in [6.45, 7) is 1.55. The smallest absolute Gasteiger partial charge is 0.266 e. The number of carbonyl (C=O) groups excluding carboxylic acids is 1. The number of rotatable bonds is 3. The molecular weight excluding hydrogens is 355 g/mol. The highest BCUT2D eigenvalue weighted by Crippen LogP contribution is 2.28. The van der Waals surface area contributed by atoms with Gasteiger partial charge >= 0.3 is 0 Å². The van der Waals surface area contributed by atoms with Gasteiger partial charge in [-0.15, -0.1) is 0 Å². The quantitative estimate of drug-likeness (QED) is 0.476. The van der Waals surface area contributed by atoms with Gasteiger partial charge in [-0.05, 0) is 49.6 Å². The minimum Gasteiger partial charge on any atom is -0.479 e. The summed E-state index contributed by atoms with van der Waals surface area (Å²) >= 11 is 21.2. The van der Waals surface area contributed by atoms with Crippen LogP contribution in [0.3, 0.4) is 0 Å². The molecule has 0 fully saturated rings. The van der Waals surface area contributed by atoms with E-state index in [0.717, 1.165) is 0 Å². The van der Waals surface area contributed by atoms with E-state index in [4.69, 9.17) is 45.9 Å². The van der Waals surface area contributed by atoms with Crippen molar-refractivity contribution >= 4 is 63.8 Å². The van der Waals surface area contributed by atoms with E-state index in [1.54, 1.807) is 19.1 Å². The molecule has 1 atom stereocenters. The highest BCUT2D eigenvalue weighted by molar-refractivity contribution is 7.80. The first kappa shape index (κ1) is 17.7. The second-order valence-corrected chi connectivity index (χ2v) is 5.46. The first-order valence-electron chi connectivity index (χ1n) is 5.57. The predicted molar refractivity (Wildman–Crippen MR) is 90.3 cm³/mol. The van der Waals surface area contributed by atoms with Crippen molar-refractivity contribution in [2.75, 3.05) is 0 Å². The number of amides is 1. The maximum Gasteiger partial charge on any atom is 0.266 e. The Morgan fingerprint density at radius 1 is 1.33 bits per heavy atom. The normalized spacial score (nSPS) is 11.2. The van der Waals surface area contributed by atoms with Crippen molar-refractivity contribution in [3.05, 3.63) is 28.2 Å². The highest BCUT2D eigenvalue weighted by Gasteiger charge is 2.17. The molecule has 21 heavy (non-hydrogen) atoms. The van der Waals surface area contributed by atoms with Crippen LogP contribution in [0.4, 0.5) is 0 Å². The van der Waals surface area contributed by atoms with Crippen LogP contribution in [0.5, 0.6) is 5.75 Å². The van der Waals surface area contributed by atoms with Crippen LogP contribution >= 0.6 is 47.6 Å². The van der Waals surface area contributed by atoms with E-state index >= 15 is 0 Å². The lowest BCUT2D eigenvalue weighted by atomic mass is 10.3. The van der Waals surface area contributed by atoms with Crippen molar-refractivity contribution in [3.8, 4) is 5.75 Å². The second kappa shape index (κ2) is 8.18. The molecule has 1 unspecified atom stereocenters. The average molecular weight is 367 g/mol. The second-order valence-electron chi connectivity index (χ2n) is 3.77. The Morgan fingerprint density at radius 3 is 2.57 bits per heavy atom. The molecule has 0 saturated carbocycles. The number of benzene rings is 1. The van der Waals surface area contributed by atoms with Gasteiger partial charge in [0.2, 0.25) is 0 Å².